The lowest BCUT2D eigenvalue weighted by atomic mass is 10.0. The van der Waals surface area contributed by atoms with E-state index in [1.807, 2.05) is 68.4 Å². The second-order valence-corrected chi connectivity index (χ2v) is 7.32. The number of fused-ring (bicyclic) bond motifs is 1. The summed E-state index contributed by atoms with van der Waals surface area (Å²) >= 11 is 0. The highest BCUT2D eigenvalue weighted by atomic mass is 16.5. The zero-order chi connectivity index (χ0) is 21.0. The lowest BCUT2D eigenvalue weighted by Crippen LogP contribution is -2.37. The van der Waals surface area contributed by atoms with Crippen LogP contribution in [0.1, 0.15) is 46.9 Å². The van der Waals surface area contributed by atoms with Crippen molar-refractivity contribution in [2.45, 2.75) is 39.7 Å². The van der Waals surface area contributed by atoms with E-state index in [4.69, 9.17) is 4.74 Å². The molecule has 0 spiro atoms. The van der Waals surface area contributed by atoms with Gasteiger partial charge in [-0.25, -0.2) is 4.79 Å². The average Bonchev–Trinajstić information content (AvgIpc) is 2.72. The van der Waals surface area contributed by atoms with Crippen LogP contribution >= 0.6 is 0 Å². The largest absolute Gasteiger partial charge is 0.449 e. The number of carbonyl (C=O) groups excluding carboxylic acids is 2. The van der Waals surface area contributed by atoms with E-state index in [1.165, 1.54) is 0 Å². The molecule has 0 saturated heterocycles. The number of nitrogens with zero attached hydrogens (tertiary/aromatic N) is 1. The Hall–Kier alpha value is -3.21. The van der Waals surface area contributed by atoms with E-state index < -0.39 is 12.1 Å². The molecule has 2 aromatic carbocycles. The molecule has 1 heterocycles. The Labute approximate surface area is 171 Å². The molecule has 29 heavy (non-hydrogen) atoms. The maximum Gasteiger partial charge on any atom is 0.341 e. The van der Waals surface area contributed by atoms with Crippen LogP contribution in [0.3, 0.4) is 0 Å². The minimum Gasteiger partial charge on any atom is -0.449 e. The highest BCUT2D eigenvalue weighted by Crippen LogP contribution is 2.23. The standard InChI is InChI=1S/C24H26N2O3/c1-15(19-10-6-5-7-11-19)14-25-23(27)18(4)29-24(28)22-16(2)20-12-8-9-13-21(20)26-17(22)3/h5-13,15,18H,14H2,1-4H3,(H,25,27)/t15-,18+/m0/s1. The quantitative estimate of drug-likeness (QED) is 0.637. The minimum atomic E-state index is -0.893. The fourth-order valence-electron chi connectivity index (χ4n) is 3.40. The molecule has 0 unspecified atom stereocenters. The van der Waals surface area contributed by atoms with Crippen molar-refractivity contribution in [2.75, 3.05) is 6.54 Å². The molecular formula is C24H26N2O3. The van der Waals surface area contributed by atoms with E-state index in [1.54, 1.807) is 13.8 Å². The summed E-state index contributed by atoms with van der Waals surface area (Å²) in [7, 11) is 0. The molecule has 0 radical (unpaired) electrons. The molecule has 3 rings (SSSR count). The van der Waals surface area contributed by atoms with Crippen molar-refractivity contribution in [3.05, 3.63) is 77.0 Å². The van der Waals surface area contributed by atoms with Gasteiger partial charge in [0.25, 0.3) is 5.91 Å². The third-order valence-corrected chi connectivity index (χ3v) is 5.14. The third kappa shape index (κ3) is 4.62. The molecule has 1 amide bonds. The molecule has 0 saturated carbocycles. The average molecular weight is 390 g/mol. The van der Waals surface area contributed by atoms with Gasteiger partial charge in [-0.15, -0.1) is 0 Å². The summed E-state index contributed by atoms with van der Waals surface area (Å²) in [6, 6.07) is 17.6. The Balaban J connectivity index is 1.66. The molecule has 0 fully saturated rings. The minimum absolute atomic E-state index is 0.164. The molecular weight excluding hydrogens is 364 g/mol. The van der Waals surface area contributed by atoms with E-state index in [9.17, 15) is 9.59 Å². The van der Waals surface area contributed by atoms with Gasteiger partial charge in [0, 0.05) is 11.9 Å². The number of nitrogens with one attached hydrogen (secondary N) is 1. The second-order valence-electron chi connectivity index (χ2n) is 7.32. The maximum absolute atomic E-state index is 12.8. The Morgan fingerprint density at radius 1 is 1.00 bits per heavy atom. The topological polar surface area (TPSA) is 68.3 Å². The van der Waals surface area contributed by atoms with Crippen LogP contribution in [0, 0.1) is 13.8 Å². The first-order valence-corrected chi connectivity index (χ1v) is 9.78. The van der Waals surface area contributed by atoms with Crippen LogP contribution in [0.2, 0.25) is 0 Å². The van der Waals surface area contributed by atoms with Crippen molar-refractivity contribution in [2.24, 2.45) is 0 Å². The number of carbonyl (C=O) groups is 2. The van der Waals surface area contributed by atoms with Gasteiger partial charge in [0.2, 0.25) is 0 Å². The molecule has 0 bridgehead atoms. The highest BCUT2D eigenvalue weighted by molar-refractivity contribution is 5.99. The predicted octanol–water partition coefficient (Wildman–Crippen LogP) is 4.32. The first-order chi connectivity index (χ1) is 13.9. The number of aromatic nitrogens is 1. The number of ether oxygens (including phenoxy) is 1. The molecule has 0 aliphatic rings. The number of amides is 1. The summed E-state index contributed by atoms with van der Waals surface area (Å²) in [6.45, 7) is 7.75. The van der Waals surface area contributed by atoms with Crippen molar-refractivity contribution in [1.29, 1.82) is 0 Å². The van der Waals surface area contributed by atoms with Crippen LogP contribution in [-0.2, 0) is 9.53 Å². The van der Waals surface area contributed by atoms with Gasteiger partial charge >= 0.3 is 5.97 Å². The Morgan fingerprint density at radius 2 is 1.66 bits per heavy atom. The molecule has 5 heteroatoms. The first-order valence-electron chi connectivity index (χ1n) is 9.78. The van der Waals surface area contributed by atoms with E-state index in [2.05, 4.69) is 10.3 Å². The number of benzene rings is 2. The first kappa shape index (κ1) is 20.5. The van der Waals surface area contributed by atoms with Gasteiger partial charge in [-0.3, -0.25) is 9.78 Å². The number of aryl methyl sites for hydroxylation is 2. The lowest BCUT2D eigenvalue weighted by molar-refractivity contribution is -0.129. The molecule has 0 aliphatic heterocycles. The zero-order valence-corrected chi connectivity index (χ0v) is 17.2. The SMILES string of the molecule is Cc1nc2ccccc2c(C)c1C(=O)O[C@H](C)C(=O)NC[C@H](C)c1ccccc1. The highest BCUT2D eigenvalue weighted by Gasteiger charge is 2.23. The van der Waals surface area contributed by atoms with Gasteiger partial charge in [0.1, 0.15) is 0 Å². The monoisotopic (exact) mass is 390 g/mol. The molecule has 1 N–H and O–H groups in total. The fraction of sp³-hybridized carbons (Fsp3) is 0.292. The molecule has 5 nitrogen and oxygen atoms in total. The summed E-state index contributed by atoms with van der Waals surface area (Å²) in [4.78, 5) is 29.7. The number of para-hydroxylation sites is 1. The normalized spacial score (nSPS) is 13.0. The number of hydrogen-bond donors (Lipinski definition) is 1. The van der Waals surface area contributed by atoms with Crippen LogP contribution in [0.15, 0.2) is 54.6 Å². The number of hydrogen-bond acceptors (Lipinski definition) is 4. The number of rotatable bonds is 6. The van der Waals surface area contributed by atoms with Crippen molar-refractivity contribution >= 4 is 22.8 Å². The summed E-state index contributed by atoms with van der Waals surface area (Å²) in [5, 5.41) is 3.77. The maximum atomic E-state index is 12.8. The van der Waals surface area contributed by atoms with E-state index in [0.29, 0.717) is 17.8 Å². The smallest absolute Gasteiger partial charge is 0.341 e. The third-order valence-electron chi connectivity index (χ3n) is 5.14. The van der Waals surface area contributed by atoms with Crippen molar-refractivity contribution in [1.82, 2.24) is 10.3 Å². The van der Waals surface area contributed by atoms with Crippen LogP contribution in [0.5, 0.6) is 0 Å². The van der Waals surface area contributed by atoms with Gasteiger partial charge in [0.05, 0.1) is 16.8 Å². The van der Waals surface area contributed by atoms with Gasteiger partial charge in [0.15, 0.2) is 6.10 Å². The van der Waals surface area contributed by atoms with E-state index >= 15 is 0 Å². The lowest BCUT2D eigenvalue weighted by Gasteiger charge is -2.18. The molecule has 1 aromatic heterocycles. The predicted molar refractivity (Wildman–Crippen MR) is 114 cm³/mol. The summed E-state index contributed by atoms with van der Waals surface area (Å²) in [5.41, 5.74) is 3.80. The van der Waals surface area contributed by atoms with Gasteiger partial charge in [-0.2, -0.15) is 0 Å². The number of esters is 1. The molecule has 3 aromatic rings. The summed E-state index contributed by atoms with van der Waals surface area (Å²) < 4.78 is 5.46. The van der Waals surface area contributed by atoms with Crippen LogP contribution in [0.25, 0.3) is 10.9 Å². The summed E-state index contributed by atoms with van der Waals surface area (Å²) in [5.74, 6) is -0.681. The van der Waals surface area contributed by atoms with Gasteiger partial charge < -0.3 is 10.1 Å². The van der Waals surface area contributed by atoms with E-state index in [0.717, 1.165) is 22.0 Å². The van der Waals surface area contributed by atoms with Crippen molar-refractivity contribution in [3.8, 4) is 0 Å². The van der Waals surface area contributed by atoms with Crippen LogP contribution in [-0.4, -0.2) is 29.5 Å². The Morgan fingerprint density at radius 3 is 2.38 bits per heavy atom. The second kappa shape index (κ2) is 8.86. The molecule has 0 aliphatic carbocycles. The van der Waals surface area contributed by atoms with Crippen LogP contribution in [0.4, 0.5) is 0 Å². The van der Waals surface area contributed by atoms with Crippen molar-refractivity contribution < 1.29 is 14.3 Å². The van der Waals surface area contributed by atoms with Crippen molar-refractivity contribution in [3.63, 3.8) is 0 Å². The van der Waals surface area contributed by atoms with Gasteiger partial charge in [-0.1, -0.05) is 55.5 Å². The Kier molecular flexibility index (Phi) is 6.27. The fourth-order valence-corrected chi connectivity index (χ4v) is 3.40. The molecule has 2 atom stereocenters. The van der Waals surface area contributed by atoms with E-state index in [-0.39, 0.29) is 11.8 Å². The zero-order valence-electron chi connectivity index (χ0n) is 17.2. The Bertz CT molecular complexity index is 1030. The number of pyridine rings is 1. The molecule has 150 valence electrons. The summed E-state index contributed by atoms with van der Waals surface area (Å²) in [6.07, 6.45) is -0.893. The van der Waals surface area contributed by atoms with Crippen LogP contribution < -0.4 is 5.32 Å². The van der Waals surface area contributed by atoms with Gasteiger partial charge in [-0.05, 0) is 43.9 Å².